The van der Waals surface area contributed by atoms with Crippen molar-refractivity contribution < 1.29 is 13.2 Å². The van der Waals surface area contributed by atoms with Crippen LogP contribution in [-0.4, -0.2) is 9.97 Å². The molecule has 1 N–H and O–H groups in total. The number of nitrogens with zero attached hydrogens (tertiary/aromatic N) is 1. The van der Waals surface area contributed by atoms with Gasteiger partial charge in [0.25, 0.3) is 5.56 Å². The lowest BCUT2D eigenvalue weighted by Crippen LogP contribution is -2.13. The summed E-state index contributed by atoms with van der Waals surface area (Å²) in [5.41, 5.74) is -0.310. The molecule has 0 saturated carbocycles. The standard InChI is InChI=1S/C13H10ClF3N2O/c14-7-10-6-12(20)19-11(18-10)5-8-2-1-3-9(4-8)13(15,16)17/h1-4,6H,5,7H2,(H,18,19,20). The number of alkyl halides is 4. The Balaban J connectivity index is 2.31. The summed E-state index contributed by atoms with van der Waals surface area (Å²) in [6.07, 6.45) is -4.29. The van der Waals surface area contributed by atoms with Crippen LogP contribution >= 0.6 is 11.6 Å². The lowest BCUT2D eigenvalue weighted by atomic mass is 10.1. The van der Waals surface area contributed by atoms with Gasteiger partial charge in [-0.05, 0) is 11.6 Å². The Morgan fingerprint density at radius 2 is 2.00 bits per heavy atom. The van der Waals surface area contributed by atoms with Gasteiger partial charge in [-0.3, -0.25) is 4.79 Å². The van der Waals surface area contributed by atoms with Crippen molar-refractivity contribution in [3.8, 4) is 0 Å². The van der Waals surface area contributed by atoms with Crippen molar-refractivity contribution in [2.75, 3.05) is 0 Å². The first-order chi connectivity index (χ1) is 9.38. The van der Waals surface area contributed by atoms with Crippen LogP contribution < -0.4 is 5.56 Å². The van der Waals surface area contributed by atoms with Crippen LogP contribution in [0.2, 0.25) is 0 Å². The van der Waals surface area contributed by atoms with Crippen LogP contribution in [0.15, 0.2) is 35.1 Å². The lowest BCUT2D eigenvalue weighted by Gasteiger charge is -2.08. The van der Waals surface area contributed by atoms with Gasteiger partial charge in [-0.15, -0.1) is 11.6 Å². The maximum atomic E-state index is 12.6. The number of nitrogens with one attached hydrogen (secondary N) is 1. The zero-order chi connectivity index (χ0) is 14.8. The van der Waals surface area contributed by atoms with Crippen LogP contribution in [0.3, 0.4) is 0 Å². The van der Waals surface area contributed by atoms with Crippen molar-refractivity contribution in [2.45, 2.75) is 18.5 Å². The smallest absolute Gasteiger partial charge is 0.310 e. The molecule has 0 bridgehead atoms. The van der Waals surface area contributed by atoms with Gasteiger partial charge in [-0.25, -0.2) is 4.98 Å². The summed E-state index contributed by atoms with van der Waals surface area (Å²) in [7, 11) is 0. The van der Waals surface area contributed by atoms with E-state index in [2.05, 4.69) is 9.97 Å². The molecule has 3 nitrogen and oxygen atoms in total. The molecule has 0 unspecified atom stereocenters. The predicted octanol–water partition coefficient (Wildman–Crippen LogP) is 3.12. The van der Waals surface area contributed by atoms with Crippen molar-refractivity contribution in [3.63, 3.8) is 0 Å². The molecule has 106 valence electrons. The molecule has 0 aliphatic carbocycles. The summed E-state index contributed by atoms with van der Waals surface area (Å²) in [6.45, 7) is 0. The molecule has 0 spiro atoms. The van der Waals surface area contributed by atoms with E-state index >= 15 is 0 Å². The number of H-pyrrole nitrogens is 1. The minimum Gasteiger partial charge on any atom is -0.310 e. The number of hydrogen-bond acceptors (Lipinski definition) is 2. The fourth-order valence-electron chi connectivity index (χ4n) is 1.77. The second-order valence-corrected chi connectivity index (χ2v) is 4.46. The highest BCUT2D eigenvalue weighted by atomic mass is 35.5. The van der Waals surface area contributed by atoms with Crippen molar-refractivity contribution in [1.82, 2.24) is 9.97 Å². The minimum absolute atomic E-state index is 0.0690. The topological polar surface area (TPSA) is 45.8 Å². The molecule has 0 radical (unpaired) electrons. The average Bonchev–Trinajstić information content (AvgIpc) is 2.37. The van der Waals surface area contributed by atoms with Crippen molar-refractivity contribution >= 4 is 11.6 Å². The van der Waals surface area contributed by atoms with Gasteiger partial charge >= 0.3 is 6.18 Å². The number of hydrogen-bond donors (Lipinski definition) is 1. The fraction of sp³-hybridized carbons (Fsp3) is 0.231. The third-order valence-electron chi connectivity index (χ3n) is 2.61. The summed E-state index contributed by atoms with van der Waals surface area (Å²) >= 11 is 5.59. The zero-order valence-corrected chi connectivity index (χ0v) is 10.9. The average molecular weight is 303 g/mol. The quantitative estimate of drug-likeness (QED) is 0.886. The third kappa shape index (κ3) is 3.60. The first-order valence-corrected chi connectivity index (χ1v) is 6.23. The van der Waals surface area contributed by atoms with E-state index < -0.39 is 11.7 Å². The molecule has 0 saturated heterocycles. The molecule has 7 heteroatoms. The Morgan fingerprint density at radius 1 is 1.25 bits per heavy atom. The normalized spacial score (nSPS) is 11.6. The molecular weight excluding hydrogens is 293 g/mol. The highest BCUT2D eigenvalue weighted by Crippen LogP contribution is 2.29. The van der Waals surface area contributed by atoms with Crippen LogP contribution in [0, 0.1) is 0 Å². The van der Waals surface area contributed by atoms with Gasteiger partial charge in [0.1, 0.15) is 5.82 Å². The van der Waals surface area contributed by atoms with Gasteiger partial charge in [0, 0.05) is 12.5 Å². The van der Waals surface area contributed by atoms with Gasteiger partial charge in [0.05, 0.1) is 17.1 Å². The van der Waals surface area contributed by atoms with Crippen molar-refractivity contribution in [3.05, 3.63) is 63.3 Å². The Bertz CT molecular complexity index is 667. The Kier molecular flexibility index (Phi) is 4.13. The van der Waals surface area contributed by atoms with Gasteiger partial charge in [-0.2, -0.15) is 13.2 Å². The summed E-state index contributed by atoms with van der Waals surface area (Å²) < 4.78 is 37.8. The minimum atomic E-state index is -4.39. The molecule has 2 rings (SSSR count). The molecule has 20 heavy (non-hydrogen) atoms. The van der Waals surface area contributed by atoms with Crippen LogP contribution in [0.4, 0.5) is 13.2 Å². The summed E-state index contributed by atoms with van der Waals surface area (Å²) in [6, 6.07) is 6.15. The Hall–Kier alpha value is -1.82. The van der Waals surface area contributed by atoms with Crippen LogP contribution in [0.25, 0.3) is 0 Å². The largest absolute Gasteiger partial charge is 0.416 e. The zero-order valence-electron chi connectivity index (χ0n) is 10.2. The van der Waals surface area contributed by atoms with E-state index in [9.17, 15) is 18.0 Å². The number of aromatic amines is 1. The van der Waals surface area contributed by atoms with E-state index in [0.29, 0.717) is 11.3 Å². The Morgan fingerprint density at radius 3 is 2.65 bits per heavy atom. The van der Waals surface area contributed by atoms with Crippen LogP contribution in [0.5, 0.6) is 0 Å². The maximum Gasteiger partial charge on any atom is 0.416 e. The number of halogens is 4. The van der Waals surface area contributed by atoms with Gasteiger partial charge in [0.15, 0.2) is 0 Å². The SMILES string of the molecule is O=c1cc(CCl)nc(Cc2cccc(C(F)(F)F)c2)[nH]1. The molecule has 0 fully saturated rings. The number of benzene rings is 1. The molecule has 1 aromatic heterocycles. The monoisotopic (exact) mass is 302 g/mol. The molecule has 0 amide bonds. The van der Waals surface area contributed by atoms with Gasteiger partial charge < -0.3 is 4.98 Å². The fourth-order valence-corrected chi connectivity index (χ4v) is 1.90. The van der Waals surface area contributed by atoms with Gasteiger partial charge in [0.2, 0.25) is 0 Å². The Labute approximate surface area is 117 Å². The molecule has 2 aromatic rings. The van der Waals surface area contributed by atoms with E-state index in [1.807, 2.05) is 0 Å². The lowest BCUT2D eigenvalue weighted by molar-refractivity contribution is -0.137. The highest BCUT2D eigenvalue weighted by molar-refractivity contribution is 6.16. The van der Waals surface area contributed by atoms with E-state index in [-0.39, 0.29) is 23.7 Å². The van der Waals surface area contributed by atoms with E-state index in [1.165, 1.54) is 12.1 Å². The third-order valence-corrected chi connectivity index (χ3v) is 2.88. The molecule has 0 aliphatic heterocycles. The summed E-state index contributed by atoms with van der Waals surface area (Å²) in [5.74, 6) is 0.354. The first-order valence-electron chi connectivity index (χ1n) is 5.69. The van der Waals surface area contributed by atoms with E-state index in [0.717, 1.165) is 12.1 Å². The maximum absolute atomic E-state index is 12.6. The summed E-state index contributed by atoms with van der Waals surface area (Å²) in [5, 5.41) is 0. The first kappa shape index (κ1) is 14.6. The molecule has 1 aromatic carbocycles. The molecule has 0 atom stereocenters. The second kappa shape index (κ2) is 5.66. The molecular formula is C13H10ClF3N2O. The van der Waals surface area contributed by atoms with Gasteiger partial charge in [-0.1, -0.05) is 18.2 Å². The second-order valence-electron chi connectivity index (χ2n) is 4.19. The predicted molar refractivity (Wildman–Crippen MR) is 68.7 cm³/mol. The van der Waals surface area contributed by atoms with Crippen molar-refractivity contribution in [2.24, 2.45) is 0 Å². The number of rotatable bonds is 3. The van der Waals surface area contributed by atoms with E-state index in [4.69, 9.17) is 11.6 Å². The van der Waals surface area contributed by atoms with Crippen LogP contribution in [-0.2, 0) is 18.5 Å². The van der Waals surface area contributed by atoms with Crippen LogP contribution in [0.1, 0.15) is 22.6 Å². The van der Waals surface area contributed by atoms with E-state index in [1.54, 1.807) is 6.07 Å². The van der Waals surface area contributed by atoms with Crippen molar-refractivity contribution in [1.29, 1.82) is 0 Å². The number of aromatic nitrogens is 2. The summed E-state index contributed by atoms with van der Waals surface area (Å²) in [4.78, 5) is 17.9. The molecule has 1 heterocycles. The molecule has 0 aliphatic rings. The highest BCUT2D eigenvalue weighted by Gasteiger charge is 2.30.